The zero-order valence-corrected chi connectivity index (χ0v) is 6.93. The first-order valence-corrected chi connectivity index (χ1v) is 3.63. The molecule has 0 aliphatic heterocycles. The van der Waals surface area contributed by atoms with Gasteiger partial charge in [0.25, 0.3) is 0 Å². The van der Waals surface area contributed by atoms with Gasteiger partial charge in [-0.25, -0.2) is 13.2 Å². The van der Waals surface area contributed by atoms with Crippen LogP contribution in [0.25, 0.3) is 6.08 Å². The minimum Gasteiger partial charge on any atom is -0.366 e. The van der Waals surface area contributed by atoms with Gasteiger partial charge < -0.3 is 5.73 Å². The molecule has 74 valence electrons. The van der Waals surface area contributed by atoms with E-state index in [0.29, 0.717) is 12.1 Å². The number of rotatable bonds is 2. The minimum atomic E-state index is -1.28. The predicted octanol–water partition coefficient (Wildman–Crippen LogP) is 1.60. The maximum atomic E-state index is 12.9. The summed E-state index contributed by atoms with van der Waals surface area (Å²) in [6.07, 6.45) is 1.83. The Bertz CT molecular complexity index is 401. The van der Waals surface area contributed by atoms with E-state index in [1.54, 1.807) is 0 Å². The Morgan fingerprint density at radius 3 is 2.29 bits per heavy atom. The van der Waals surface area contributed by atoms with Crippen molar-refractivity contribution >= 4 is 12.0 Å². The van der Waals surface area contributed by atoms with Crippen LogP contribution >= 0.6 is 0 Å². The van der Waals surface area contributed by atoms with Crippen molar-refractivity contribution in [2.24, 2.45) is 5.73 Å². The highest BCUT2D eigenvalue weighted by Gasteiger charge is 2.07. The van der Waals surface area contributed by atoms with Crippen molar-refractivity contribution < 1.29 is 18.0 Å². The van der Waals surface area contributed by atoms with Crippen molar-refractivity contribution in [3.8, 4) is 0 Å². The summed E-state index contributed by atoms with van der Waals surface area (Å²) in [5.41, 5.74) is 4.51. The number of hydrogen-bond donors (Lipinski definition) is 1. The average Bonchev–Trinajstić information content (AvgIpc) is 2.09. The quantitative estimate of drug-likeness (QED) is 0.573. The van der Waals surface area contributed by atoms with Gasteiger partial charge in [0.05, 0.1) is 0 Å². The van der Waals surface area contributed by atoms with Crippen molar-refractivity contribution in [1.82, 2.24) is 0 Å². The fourth-order valence-corrected chi connectivity index (χ4v) is 0.838. The summed E-state index contributed by atoms with van der Waals surface area (Å²) >= 11 is 0. The second-order valence-corrected chi connectivity index (χ2v) is 2.52. The van der Waals surface area contributed by atoms with Crippen LogP contribution in [-0.2, 0) is 4.79 Å². The second kappa shape index (κ2) is 3.95. The molecule has 0 fully saturated rings. The number of hydrogen-bond acceptors (Lipinski definition) is 1. The molecule has 0 aliphatic carbocycles. The topological polar surface area (TPSA) is 43.1 Å². The Kier molecular flexibility index (Phi) is 2.91. The fraction of sp³-hybridized carbons (Fsp3) is 0. The van der Waals surface area contributed by atoms with Gasteiger partial charge >= 0.3 is 0 Å². The lowest BCUT2D eigenvalue weighted by Crippen LogP contribution is -2.05. The number of halogens is 3. The first-order valence-electron chi connectivity index (χ1n) is 3.63. The van der Waals surface area contributed by atoms with Crippen LogP contribution in [0.4, 0.5) is 13.2 Å². The van der Waals surface area contributed by atoms with Crippen LogP contribution in [0.3, 0.4) is 0 Å². The van der Waals surface area contributed by atoms with Gasteiger partial charge in [-0.05, 0) is 12.1 Å². The maximum absolute atomic E-state index is 12.9. The lowest BCUT2D eigenvalue weighted by atomic mass is 10.2. The Morgan fingerprint density at radius 2 is 1.71 bits per heavy atom. The van der Waals surface area contributed by atoms with Crippen LogP contribution in [0.5, 0.6) is 0 Å². The van der Waals surface area contributed by atoms with E-state index in [2.05, 4.69) is 0 Å². The zero-order valence-electron chi connectivity index (χ0n) is 6.93. The molecular weight excluding hydrogens is 195 g/mol. The molecule has 0 aliphatic rings. The third-order valence-corrected chi connectivity index (χ3v) is 1.47. The van der Waals surface area contributed by atoms with E-state index in [9.17, 15) is 18.0 Å². The zero-order chi connectivity index (χ0) is 10.7. The van der Waals surface area contributed by atoms with Crippen LogP contribution in [0.1, 0.15) is 5.56 Å². The molecule has 0 aromatic heterocycles. The van der Waals surface area contributed by atoms with Crippen LogP contribution in [0.2, 0.25) is 0 Å². The molecule has 0 heterocycles. The summed E-state index contributed by atoms with van der Waals surface area (Å²) in [6, 6.07) is 1.04. The molecule has 1 aromatic carbocycles. The molecule has 0 saturated heterocycles. The molecule has 2 nitrogen and oxygen atoms in total. The number of nitrogens with two attached hydrogens (primary N) is 1. The molecule has 0 atom stereocenters. The van der Waals surface area contributed by atoms with Gasteiger partial charge in [-0.2, -0.15) is 0 Å². The highest BCUT2D eigenvalue weighted by atomic mass is 19.2. The summed E-state index contributed by atoms with van der Waals surface area (Å²) in [7, 11) is 0. The van der Waals surface area contributed by atoms with E-state index in [1.165, 1.54) is 0 Å². The summed E-state index contributed by atoms with van der Waals surface area (Å²) in [4.78, 5) is 10.3. The van der Waals surface area contributed by atoms with Crippen LogP contribution in [0.15, 0.2) is 18.2 Å². The molecule has 0 spiro atoms. The molecule has 0 unspecified atom stereocenters. The molecule has 1 amide bonds. The number of primary amides is 1. The van der Waals surface area contributed by atoms with Crippen LogP contribution in [-0.4, -0.2) is 5.91 Å². The normalized spacial score (nSPS) is 10.8. The largest absolute Gasteiger partial charge is 0.366 e. The molecule has 0 bridgehead atoms. The highest BCUT2D eigenvalue weighted by molar-refractivity contribution is 5.90. The van der Waals surface area contributed by atoms with Gasteiger partial charge in [0.15, 0.2) is 11.6 Å². The summed E-state index contributed by atoms with van der Waals surface area (Å²) in [5.74, 6) is -4.22. The fourth-order valence-electron chi connectivity index (χ4n) is 0.838. The molecule has 14 heavy (non-hydrogen) atoms. The molecule has 1 rings (SSSR count). The Balaban J connectivity index is 3.10. The standard InChI is InChI=1S/C9H6F3NO/c10-6-4-8(12)7(11)3-5(6)1-2-9(13)14/h1-4H,(H2,13,14). The Labute approximate surface area is 77.8 Å². The van der Waals surface area contributed by atoms with Crippen LogP contribution < -0.4 is 5.73 Å². The molecule has 5 heteroatoms. The first kappa shape index (κ1) is 10.3. The number of benzene rings is 1. The van der Waals surface area contributed by atoms with E-state index in [0.717, 1.165) is 12.2 Å². The summed E-state index contributed by atoms with van der Waals surface area (Å²) < 4.78 is 37.9. The van der Waals surface area contributed by atoms with E-state index in [1.807, 2.05) is 0 Å². The maximum Gasteiger partial charge on any atom is 0.241 e. The summed E-state index contributed by atoms with van der Waals surface area (Å²) in [5, 5.41) is 0. The van der Waals surface area contributed by atoms with Gasteiger partial charge in [-0.15, -0.1) is 0 Å². The average molecular weight is 201 g/mol. The van der Waals surface area contributed by atoms with Gasteiger partial charge in [0.2, 0.25) is 5.91 Å². The first-order chi connectivity index (χ1) is 6.50. The van der Waals surface area contributed by atoms with Gasteiger partial charge in [-0.1, -0.05) is 0 Å². The smallest absolute Gasteiger partial charge is 0.241 e. The lowest BCUT2D eigenvalue weighted by molar-refractivity contribution is -0.113. The third kappa shape index (κ3) is 2.35. The van der Waals surface area contributed by atoms with Crippen molar-refractivity contribution in [2.45, 2.75) is 0 Å². The predicted molar refractivity (Wildman–Crippen MR) is 44.5 cm³/mol. The van der Waals surface area contributed by atoms with Crippen molar-refractivity contribution in [2.75, 3.05) is 0 Å². The van der Waals surface area contributed by atoms with Gasteiger partial charge in [-0.3, -0.25) is 4.79 Å². The second-order valence-electron chi connectivity index (χ2n) is 2.52. The highest BCUT2D eigenvalue weighted by Crippen LogP contribution is 2.14. The SMILES string of the molecule is NC(=O)C=Cc1cc(F)c(F)cc1F. The van der Waals surface area contributed by atoms with Crippen molar-refractivity contribution in [1.29, 1.82) is 0 Å². The van der Waals surface area contributed by atoms with E-state index < -0.39 is 23.4 Å². The molecule has 0 saturated carbocycles. The Hall–Kier alpha value is -1.78. The lowest BCUT2D eigenvalue weighted by Gasteiger charge is -1.97. The molecule has 2 N–H and O–H groups in total. The number of carbonyl (C=O) groups excluding carboxylic acids is 1. The number of carbonyl (C=O) groups is 1. The van der Waals surface area contributed by atoms with Crippen LogP contribution in [0, 0.1) is 17.5 Å². The minimum absolute atomic E-state index is 0.234. The van der Waals surface area contributed by atoms with E-state index in [-0.39, 0.29) is 5.56 Å². The third-order valence-electron chi connectivity index (χ3n) is 1.47. The van der Waals surface area contributed by atoms with Crippen molar-refractivity contribution in [3.05, 3.63) is 41.2 Å². The molecular formula is C9H6F3NO. The monoisotopic (exact) mass is 201 g/mol. The van der Waals surface area contributed by atoms with E-state index >= 15 is 0 Å². The van der Waals surface area contributed by atoms with Gasteiger partial charge in [0.1, 0.15) is 5.82 Å². The van der Waals surface area contributed by atoms with E-state index in [4.69, 9.17) is 5.73 Å². The summed E-state index contributed by atoms with van der Waals surface area (Å²) in [6.45, 7) is 0. The number of amides is 1. The van der Waals surface area contributed by atoms with Crippen molar-refractivity contribution in [3.63, 3.8) is 0 Å². The molecule has 0 radical (unpaired) electrons. The van der Waals surface area contributed by atoms with Gasteiger partial charge in [0, 0.05) is 17.7 Å². The Morgan fingerprint density at radius 1 is 1.14 bits per heavy atom. The molecule has 1 aromatic rings.